The SMILES string of the molecule is CCNC(=O)C(C)(C)CN=C(NCC)N(C)Cc1ccc(F)cc1. The summed E-state index contributed by atoms with van der Waals surface area (Å²) in [5.74, 6) is 0.468. The molecule has 1 rings (SSSR count). The third-order valence-electron chi connectivity index (χ3n) is 3.61. The summed E-state index contributed by atoms with van der Waals surface area (Å²) in [7, 11) is 1.92. The van der Waals surface area contributed by atoms with E-state index in [-0.39, 0.29) is 11.7 Å². The minimum atomic E-state index is -0.576. The van der Waals surface area contributed by atoms with Crippen LogP contribution in [0.15, 0.2) is 29.3 Å². The molecule has 6 heteroatoms. The maximum absolute atomic E-state index is 13.0. The third kappa shape index (κ3) is 6.18. The largest absolute Gasteiger partial charge is 0.357 e. The van der Waals surface area contributed by atoms with Crippen molar-refractivity contribution in [2.75, 3.05) is 26.7 Å². The molecule has 0 spiro atoms. The molecule has 0 aliphatic heterocycles. The van der Waals surface area contributed by atoms with E-state index < -0.39 is 5.41 Å². The summed E-state index contributed by atoms with van der Waals surface area (Å²) < 4.78 is 13.0. The van der Waals surface area contributed by atoms with Gasteiger partial charge in [0.15, 0.2) is 5.96 Å². The smallest absolute Gasteiger partial charge is 0.227 e. The molecule has 1 amide bonds. The fourth-order valence-corrected chi connectivity index (χ4v) is 2.15. The zero-order valence-electron chi connectivity index (χ0n) is 15.3. The number of nitrogens with one attached hydrogen (secondary N) is 2. The van der Waals surface area contributed by atoms with Crippen LogP contribution in [0.1, 0.15) is 33.3 Å². The standard InChI is InChI=1S/C18H29FN4O/c1-6-20-16(24)18(3,4)13-22-17(21-7-2)23(5)12-14-8-10-15(19)11-9-14/h8-11H,6-7,12-13H2,1-5H3,(H,20,24)(H,21,22). The number of aliphatic imine (C=N–C) groups is 1. The lowest BCUT2D eigenvalue weighted by Crippen LogP contribution is -2.42. The minimum absolute atomic E-state index is 0.00853. The van der Waals surface area contributed by atoms with Gasteiger partial charge in [0.1, 0.15) is 5.82 Å². The first-order valence-corrected chi connectivity index (χ1v) is 8.32. The Hall–Kier alpha value is -2.11. The van der Waals surface area contributed by atoms with Gasteiger partial charge in [-0.1, -0.05) is 12.1 Å². The fraction of sp³-hybridized carbons (Fsp3) is 0.556. The van der Waals surface area contributed by atoms with Gasteiger partial charge in [-0.3, -0.25) is 9.79 Å². The van der Waals surface area contributed by atoms with E-state index in [0.717, 1.165) is 18.1 Å². The number of benzene rings is 1. The Kier molecular flexibility index (Phi) is 7.68. The molecule has 24 heavy (non-hydrogen) atoms. The zero-order chi connectivity index (χ0) is 18.2. The molecule has 1 aromatic carbocycles. The van der Waals surface area contributed by atoms with E-state index in [1.54, 1.807) is 12.1 Å². The van der Waals surface area contributed by atoms with Crippen LogP contribution in [0.5, 0.6) is 0 Å². The fourth-order valence-electron chi connectivity index (χ4n) is 2.15. The second kappa shape index (κ2) is 9.25. The lowest BCUT2D eigenvalue weighted by Gasteiger charge is -2.25. The van der Waals surface area contributed by atoms with Crippen molar-refractivity contribution in [3.8, 4) is 0 Å². The van der Waals surface area contributed by atoms with Gasteiger partial charge in [-0.25, -0.2) is 4.39 Å². The molecular weight excluding hydrogens is 307 g/mol. The summed E-state index contributed by atoms with van der Waals surface area (Å²) in [6.45, 7) is 9.98. The summed E-state index contributed by atoms with van der Waals surface area (Å²) in [6, 6.07) is 6.42. The molecule has 134 valence electrons. The van der Waals surface area contributed by atoms with Gasteiger partial charge in [0.2, 0.25) is 5.91 Å². The number of carbonyl (C=O) groups is 1. The topological polar surface area (TPSA) is 56.7 Å². The maximum atomic E-state index is 13.0. The molecular formula is C18H29FN4O. The van der Waals surface area contributed by atoms with Crippen LogP contribution in [0.4, 0.5) is 4.39 Å². The van der Waals surface area contributed by atoms with Gasteiger partial charge in [0.05, 0.1) is 12.0 Å². The first-order chi connectivity index (χ1) is 11.3. The second-order valence-corrected chi connectivity index (χ2v) is 6.40. The predicted octanol–water partition coefficient (Wildman–Crippen LogP) is 2.39. The zero-order valence-corrected chi connectivity index (χ0v) is 15.3. The van der Waals surface area contributed by atoms with Crippen LogP contribution in [-0.4, -0.2) is 43.4 Å². The Bertz CT molecular complexity index is 555. The quantitative estimate of drug-likeness (QED) is 0.594. The molecule has 0 fully saturated rings. The van der Waals surface area contributed by atoms with Gasteiger partial charge in [-0.2, -0.15) is 0 Å². The summed E-state index contributed by atoms with van der Waals surface area (Å²) in [4.78, 5) is 18.6. The minimum Gasteiger partial charge on any atom is -0.357 e. The number of rotatable bonds is 7. The summed E-state index contributed by atoms with van der Waals surface area (Å²) >= 11 is 0. The van der Waals surface area contributed by atoms with Gasteiger partial charge in [-0.05, 0) is 45.4 Å². The van der Waals surface area contributed by atoms with Gasteiger partial charge in [-0.15, -0.1) is 0 Å². The normalized spacial score (nSPS) is 12.0. The molecule has 0 heterocycles. The number of nitrogens with zero attached hydrogens (tertiary/aromatic N) is 2. The van der Waals surface area contributed by atoms with Crippen LogP contribution >= 0.6 is 0 Å². The number of amides is 1. The molecule has 2 N–H and O–H groups in total. The van der Waals surface area contributed by atoms with Crippen LogP contribution < -0.4 is 10.6 Å². The van der Waals surface area contributed by atoms with Crippen LogP contribution in [-0.2, 0) is 11.3 Å². The molecule has 0 aromatic heterocycles. The van der Waals surface area contributed by atoms with Crippen LogP contribution in [0.25, 0.3) is 0 Å². The van der Waals surface area contributed by atoms with E-state index >= 15 is 0 Å². The summed E-state index contributed by atoms with van der Waals surface area (Å²) in [5.41, 5.74) is 0.417. The molecule has 1 aromatic rings. The van der Waals surface area contributed by atoms with E-state index in [4.69, 9.17) is 0 Å². The molecule has 0 aliphatic rings. The number of halogens is 1. The van der Waals surface area contributed by atoms with Crippen molar-refractivity contribution in [1.29, 1.82) is 0 Å². The number of carbonyl (C=O) groups excluding carboxylic acids is 1. The van der Waals surface area contributed by atoms with Crippen LogP contribution in [0.3, 0.4) is 0 Å². The number of hydrogen-bond acceptors (Lipinski definition) is 2. The Morgan fingerprint density at radius 3 is 2.29 bits per heavy atom. The third-order valence-corrected chi connectivity index (χ3v) is 3.61. The lowest BCUT2D eigenvalue weighted by atomic mass is 9.92. The van der Waals surface area contributed by atoms with E-state index in [0.29, 0.717) is 19.6 Å². The second-order valence-electron chi connectivity index (χ2n) is 6.40. The molecule has 0 saturated heterocycles. The summed E-state index contributed by atoms with van der Waals surface area (Å²) in [6.07, 6.45) is 0. The average Bonchev–Trinajstić information content (AvgIpc) is 2.53. The van der Waals surface area contributed by atoms with Crippen LogP contribution in [0.2, 0.25) is 0 Å². The van der Waals surface area contributed by atoms with E-state index in [9.17, 15) is 9.18 Å². The lowest BCUT2D eigenvalue weighted by molar-refractivity contribution is -0.128. The average molecular weight is 336 g/mol. The highest BCUT2D eigenvalue weighted by atomic mass is 19.1. The first-order valence-electron chi connectivity index (χ1n) is 8.32. The van der Waals surface area contributed by atoms with E-state index in [1.165, 1.54) is 12.1 Å². The highest BCUT2D eigenvalue weighted by Crippen LogP contribution is 2.16. The highest BCUT2D eigenvalue weighted by Gasteiger charge is 2.27. The maximum Gasteiger partial charge on any atom is 0.227 e. The molecule has 0 atom stereocenters. The molecule has 0 unspecified atom stereocenters. The van der Waals surface area contributed by atoms with E-state index in [1.807, 2.05) is 39.6 Å². The Balaban J connectivity index is 2.80. The van der Waals surface area contributed by atoms with Gasteiger partial charge < -0.3 is 15.5 Å². The van der Waals surface area contributed by atoms with Crippen LogP contribution in [0, 0.1) is 11.2 Å². The first kappa shape index (κ1) is 19.9. The van der Waals surface area contributed by atoms with Gasteiger partial charge in [0.25, 0.3) is 0 Å². The molecule has 0 aliphatic carbocycles. The Morgan fingerprint density at radius 1 is 1.17 bits per heavy atom. The molecule has 5 nitrogen and oxygen atoms in total. The van der Waals surface area contributed by atoms with Gasteiger partial charge >= 0.3 is 0 Å². The van der Waals surface area contributed by atoms with Crippen molar-refractivity contribution >= 4 is 11.9 Å². The number of guanidine groups is 1. The van der Waals surface area contributed by atoms with Crippen molar-refractivity contribution in [3.05, 3.63) is 35.6 Å². The van der Waals surface area contributed by atoms with Crippen molar-refractivity contribution in [3.63, 3.8) is 0 Å². The monoisotopic (exact) mass is 336 g/mol. The van der Waals surface area contributed by atoms with Crippen molar-refractivity contribution in [2.45, 2.75) is 34.2 Å². The van der Waals surface area contributed by atoms with Gasteiger partial charge in [0, 0.05) is 26.7 Å². The van der Waals surface area contributed by atoms with Crippen molar-refractivity contribution < 1.29 is 9.18 Å². The van der Waals surface area contributed by atoms with Crippen molar-refractivity contribution in [2.24, 2.45) is 10.4 Å². The molecule has 0 bridgehead atoms. The van der Waals surface area contributed by atoms with E-state index in [2.05, 4.69) is 15.6 Å². The Morgan fingerprint density at radius 2 is 1.75 bits per heavy atom. The molecule has 0 radical (unpaired) electrons. The van der Waals surface area contributed by atoms with Crippen molar-refractivity contribution in [1.82, 2.24) is 15.5 Å². The molecule has 0 saturated carbocycles. The highest BCUT2D eigenvalue weighted by molar-refractivity contribution is 5.83. The summed E-state index contributed by atoms with van der Waals surface area (Å²) in [5, 5.41) is 6.07. The number of hydrogen-bond donors (Lipinski definition) is 2. The predicted molar refractivity (Wildman–Crippen MR) is 96.3 cm³/mol. The Labute approximate surface area is 144 Å².